The van der Waals surface area contributed by atoms with Gasteiger partial charge in [0.05, 0.1) is 4.45 Å². The molecule has 0 atom stereocenters. The van der Waals surface area contributed by atoms with Crippen LogP contribution in [0.1, 0.15) is 26.7 Å². The minimum absolute atomic E-state index is 0.104. The average molecular weight is 166 g/mol. The maximum absolute atomic E-state index is 5.63. The molecule has 0 radical (unpaired) electrons. The number of nitrogens with two attached hydrogens (primary N) is 1. The molecule has 0 bridgehead atoms. The van der Waals surface area contributed by atoms with Crippen molar-refractivity contribution in [2.24, 2.45) is 5.73 Å². The maximum Gasteiger partial charge on any atom is 0.0712 e. The summed E-state index contributed by atoms with van der Waals surface area (Å²) in [5.74, 6) is 0. The summed E-state index contributed by atoms with van der Waals surface area (Å²) < 4.78 is -0.104. The summed E-state index contributed by atoms with van der Waals surface area (Å²) in [5, 5.41) is 0. The van der Waals surface area contributed by atoms with Crippen LogP contribution in [-0.2, 0) is 0 Å². The molecule has 0 rings (SSSR count). The first-order valence-electron chi connectivity index (χ1n) is 2.60. The minimum Gasteiger partial charge on any atom is -0.316 e. The van der Waals surface area contributed by atoms with Crippen molar-refractivity contribution in [1.82, 2.24) is 0 Å². The largest absolute Gasteiger partial charge is 0.316 e. The smallest absolute Gasteiger partial charge is 0.0712 e. The molecule has 2 N–H and O–H groups in total. The van der Waals surface area contributed by atoms with Crippen molar-refractivity contribution in [2.45, 2.75) is 31.1 Å². The highest BCUT2D eigenvalue weighted by Crippen LogP contribution is 2.17. The molecular formula is C5H12BrN. The molecule has 0 spiro atoms. The summed E-state index contributed by atoms with van der Waals surface area (Å²) in [6.45, 7) is 4.14. The van der Waals surface area contributed by atoms with Crippen molar-refractivity contribution >= 4 is 15.9 Å². The average Bonchev–Trinajstić information content (AvgIpc) is 1.68. The van der Waals surface area contributed by atoms with Crippen molar-refractivity contribution in [2.75, 3.05) is 0 Å². The van der Waals surface area contributed by atoms with Crippen LogP contribution in [0.4, 0.5) is 0 Å². The van der Waals surface area contributed by atoms with Crippen LogP contribution in [0.3, 0.4) is 0 Å². The zero-order chi connectivity index (χ0) is 5.91. The maximum atomic E-state index is 5.63. The second-order valence-electron chi connectivity index (χ2n) is 1.74. The molecule has 44 valence electrons. The van der Waals surface area contributed by atoms with E-state index in [1.54, 1.807) is 0 Å². The van der Waals surface area contributed by atoms with Gasteiger partial charge in [0.2, 0.25) is 0 Å². The standard InChI is InChI=1S/C5H12BrN/c1-3-5(6,7)4-2/h3-4,7H2,1-2H3. The molecule has 2 heteroatoms. The van der Waals surface area contributed by atoms with Gasteiger partial charge < -0.3 is 5.73 Å². The quantitative estimate of drug-likeness (QED) is 0.491. The summed E-state index contributed by atoms with van der Waals surface area (Å²) in [6, 6.07) is 0. The molecule has 1 nitrogen and oxygen atoms in total. The van der Waals surface area contributed by atoms with E-state index in [2.05, 4.69) is 29.8 Å². The number of hydrogen-bond acceptors (Lipinski definition) is 1. The van der Waals surface area contributed by atoms with Gasteiger partial charge >= 0.3 is 0 Å². The Morgan fingerprint density at radius 1 is 1.43 bits per heavy atom. The van der Waals surface area contributed by atoms with Gasteiger partial charge in [-0.05, 0) is 12.8 Å². The predicted octanol–water partition coefficient (Wildman–Crippen LogP) is 1.86. The predicted molar refractivity (Wildman–Crippen MR) is 36.4 cm³/mol. The minimum atomic E-state index is -0.104. The molecule has 0 unspecified atom stereocenters. The van der Waals surface area contributed by atoms with E-state index in [0.717, 1.165) is 12.8 Å². The third-order valence-electron chi connectivity index (χ3n) is 1.18. The lowest BCUT2D eigenvalue weighted by Gasteiger charge is -2.16. The Hall–Kier alpha value is 0.440. The highest BCUT2D eigenvalue weighted by molar-refractivity contribution is 9.10. The summed E-state index contributed by atoms with van der Waals surface area (Å²) in [7, 11) is 0. The van der Waals surface area contributed by atoms with Gasteiger partial charge in [-0.2, -0.15) is 0 Å². The van der Waals surface area contributed by atoms with Crippen LogP contribution in [0.15, 0.2) is 0 Å². The van der Waals surface area contributed by atoms with Crippen LogP contribution in [0.2, 0.25) is 0 Å². The van der Waals surface area contributed by atoms with Gasteiger partial charge in [-0.3, -0.25) is 0 Å². The second kappa shape index (κ2) is 2.68. The lowest BCUT2D eigenvalue weighted by molar-refractivity contribution is 0.585. The Kier molecular flexibility index (Phi) is 2.84. The third kappa shape index (κ3) is 3.06. The van der Waals surface area contributed by atoms with E-state index in [0.29, 0.717) is 0 Å². The molecule has 0 saturated heterocycles. The normalized spacial score (nSPS) is 12.0. The van der Waals surface area contributed by atoms with Crippen LogP contribution < -0.4 is 5.73 Å². The van der Waals surface area contributed by atoms with Gasteiger partial charge in [0.1, 0.15) is 0 Å². The van der Waals surface area contributed by atoms with Gasteiger partial charge in [-0.25, -0.2) is 0 Å². The Bertz CT molecular complexity index is 46.0. The van der Waals surface area contributed by atoms with Gasteiger partial charge in [0.25, 0.3) is 0 Å². The molecule has 0 aliphatic carbocycles. The van der Waals surface area contributed by atoms with E-state index in [1.807, 2.05) is 0 Å². The van der Waals surface area contributed by atoms with Gasteiger partial charge in [-0.15, -0.1) is 0 Å². The van der Waals surface area contributed by atoms with Crippen molar-refractivity contribution < 1.29 is 0 Å². The first-order chi connectivity index (χ1) is 3.12. The third-order valence-corrected chi connectivity index (χ3v) is 2.30. The van der Waals surface area contributed by atoms with E-state index in [-0.39, 0.29) is 4.45 Å². The van der Waals surface area contributed by atoms with Crippen molar-refractivity contribution in [3.63, 3.8) is 0 Å². The van der Waals surface area contributed by atoms with Crippen molar-refractivity contribution in [3.8, 4) is 0 Å². The molecule has 0 aromatic rings. The topological polar surface area (TPSA) is 26.0 Å². The molecule has 0 aromatic heterocycles. The Morgan fingerprint density at radius 3 is 1.71 bits per heavy atom. The highest BCUT2D eigenvalue weighted by Gasteiger charge is 2.12. The Balaban J connectivity index is 3.36. The molecule has 0 heterocycles. The molecule has 0 amide bonds. The highest BCUT2D eigenvalue weighted by atomic mass is 79.9. The monoisotopic (exact) mass is 165 g/mol. The van der Waals surface area contributed by atoms with Gasteiger partial charge in [0.15, 0.2) is 0 Å². The number of alkyl halides is 1. The summed E-state index contributed by atoms with van der Waals surface area (Å²) in [4.78, 5) is 0. The Morgan fingerprint density at radius 2 is 1.71 bits per heavy atom. The molecule has 7 heavy (non-hydrogen) atoms. The fraction of sp³-hybridized carbons (Fsp3) is 1.00. The first-order valence-corrected chi connectivity index (χ1v) is 3.39. The van der Waals surface area contributed by atoms with Crippen molar-refractivity contribution in [1.29, 1.82) is 0 Å². The molecule has 0 aliphatic rings. The summed E-state index contributed by atoms with van der Waals surface area (Å²) in [6.07, 6.45) is 1.98. The zero-order valence-corrected chi connectivity index (χ0v) is 6.46. The fourth-order valence-electron chi connectivity index (χ4n) is 0.250. The van der Waals surface area contributed by atoms with Crippen LogP contribution >= 0.6 is 15.9 Å². The Labute approximate surface area is 53.4 Å². The second-order valence-corrected chi connectivity index (χ2v) is 3.32. The fourth-order valence-corrected chi connectivity index (χ4v) is 0.250. The summed E-state index contributed by atoms with van der Waals surface area (Å²) >= 11 is 3.36. The van der Waals surface area contributed by atoms with E-state index < -0.39 is 0 Å². The molecule has 0 aliphatic heterocycles. The van der Waals surface area contributed by atoms with Crippen LogP contribution in [0, 0.1) is 0 Å². The van der Waals surface area contributed by atoms with E-state index in [4.69, 9.17) is 5.73 Å². The van der Waals surface area contributed by atoms with Crippen molar-refractivity contribution in [3.05, 3.63) is 0 Å². The first kappa shape index (κ1) is 7.44. The SMILES string of the molecule is CCC(N)(Br)CC. The molecule has 0 fully saturated rings. The van der Waals surface area contributed by atoms with Gasteiger partial charge in [-0.1, -0.05) is 29.8 Å². The van der Waals surface area contributed by atoms with Gasteiger partial charge in [0, 0.05) is 0 Å². The van der Waals surface area contributed by atoms with E-state index >= 15 is 0 Å². The van der Waals surface area contributed by atoms with Crippen LogP contribution in [0.25, 0.3) is 0 Å². The summed E-state index contributed by atoms with van der Waals surface area (Å²) in [5.41, 5.74) is 5.63. The van der Waals surface area contributed by atoms with Crippen LogP contribution in [-0.4, -0.2) is 4.45 Å². The molecule has 0 saturated carbocycles. The lowest BCUT2D eigenvalue weighted by Crippen LogP contribution is -2.29. The molecular weight excluding hydrogens is 154 g/mol. The van der Waals surface area contributed by atoms with Crippen LogP contribution in [0.5, 0.6) is 0 Å². The lowest BCUT2D eigenvalue weighted by atomic mass is 10.2. The van der Waals surface area contributed by atoms with E-state index in [9.17, 15) is 0 Å². The number of rotatable bonds is 2. The number of hydrogen-bond donors (Lipinski definition) is 1. The number of halogens is 1. The molecule has 0 aromatic carbocycles. The zero-order valence-electron chi connectivity index (χ0n) is 4.87. The van der Waals surface area contributed by atoms with E-state index in [1.165, 1.54) is 0 Å².